The average molecular weight is 372 g/mol. The summed E-state index contributed by atoms with van der Waals surface area (Å²) in [6.45, 7) is 0. The number of nitrogens with one attached hydrogen (secondary N) is 1. The van der Waals surface area contributed by atoms with E-state index in [0.717, 1.165) is 22.6 Å². The van der Waals surface area contributed by atoms with Crippen LogP contribution in [0.1, 0.15) is 11.4 Å². The van der Waals surface area contributed by atoms with E-state index in [9.17, 15) is 0 Å². The summed E-state index contributed by atoms with van der Waals surface area (Å²) in [5.41, 5.74) is 2.57. The van der Waals surface area contributed by atoms with E-state index in [4.69, 9.17) is 46.4 Å². The third kappa shape index (κ3) is 3.26. The second-order valence-corrected chi connectivity index (χ2v) is 6.36. The molecule has 0 aliphatic carbocycles. The molecule has 0 bridgehead atoms. The minimum atomic E-state index is 0.497. The van der Waals surface area contributed by atoms with E-state index in [-0.39, 0.29) is 0 Å². The molecule has 0 saturated carbocycles. The highest BCUT2D eigenvalue weighted by atomic mass is 35.5. The van der Waals surface area contributed by atoms with E-state index < -0.39 is 0 Å². The quantitative estimate of drug-likeness (QED) is 0.576. The van der Waals surface area contributed by atoms with Crippen LogP contribution in [0.4, 0.5) is 0 Å². The maximum absolute atomic E-state index is 6.22. The van der Waals surface area contributed by atoms with Gasteiger partial charge in [0.05, 0.1) is 25.8 Å². The van der Waals surface area contributed by atoms with Crippen molar-refractivity contribution in [2.45, 2.75) is 6.42 Å². The molecule has 1 N–H and O–H groups in total. The van der Waals surface area contributed by atoms with Crippen molar-refractivity contribution in [3.63, 3.8) is 0 Å². The fourth-order valence-corrected chi connectivity index (χ4v) is 2.85. The first kappa shape index (κ1) is 15.7. The fraction of sp³-hybridized carbons (Fsp3) is 0.0625. The molecule has 0 aliphatic rings. The van der Waals surface area contributed by atoms with Crippen molar-refractivity contribution in [3.8, 4) is 11.3 Å². The largest absolute Gasteiger partial charge is 0.348 e. The number of imidazole rings is 1. The standard InChI is InChI=1S/C16H10Cl4N2/c17-11-5-4-9(6-13(11)19)7-15-21-8-14(22-15)10-2-1-3-12(18)16(10)20/h1-6,8H,7H2,(H,21,22). The molecule has 0 saturated heterocycles. The maximum Gasteiger partial charge on any atom is 0.111 e. The lowest BCUT2D eigenvalue weighted by Crippen LogP contribution is -1.91. The molecule has 1 heterocycles. The van der Waals surface area contributed by atoms with Crippen molar-refractivity contribution in [3.05, 3.63) is 74.1 Å². The minimum Gasteiger partial charge on any atom is -0.348 e. The fourth-order valence-electron chi connectivity index (χ4n) is 2.13. The van der Waals surface area contributed by atoms with Crippen molar-refractivity contribution >= 4 is 46.4 Å². The summed E-state index contributed by atoms with van der Waals surface area (Å²) in [6, 6.07) is 11.0. The maximum atomic E-state index is 6.22. The third-order valence-corrected chi connectivity index (χ3v) is 4.77. The van der Waals surface area contributed by atoms with Crippen LogP contribution in [0.5, 0.6) is 0 Å². The number of hydrogen-bond acceptors (Lipinski definition) is 1. The zero-order chi connectivity index (χ0) is 15.7. The molecule has 1 aromatic heterocycles. The van der Waals surface area contributed by atoms with E-state index in [1.165, 1.54) is 0 Å². The number of halogens is 4. The highest BCUT2D eigenvalue weighted by Gasteiger charge is 2.11. The molecule has 0 aliphatic heterocycles. The molecule has 0 radical (unpaired) electrons. The van der Waals surface area contributed by atoms with Crippen molar-refractivity contribution in [1.29, 1.82) is 0 Å². The number of nitrogens with zero attached hydrogens (tertiary/aromatic N) is 1. The second kappa shape index (κ2) is 6.51. The van der Waals surface area contributed by atoms with Gasteiger partial charge in [-0.25, -0.2) is 4.98 Å². The molecular formula is C16H10Cl4N2. The topological polar surface area (TPSA) is 28.7 Å². The Kier molecular flexibility index (Phi) is 4.65. The van der Waals surface area contributed by atoms with Crippen LogP contribution in [0.15, 0.2) is 42.6 Å². The highest BCUT2D eigenvalue weighted by Crippen LogP contribution is 2.32. The van der Waals surface area contributed by atoms with Gasteiger partial charge in [0.1, 0.15) is 5.82 Å². The molecular weight excluding hydrogens is 362 g/mol. The Balaban J connectivity index is 1.87. The smallest absolute Gasteiger partial charge is 0.111 e. The first-order chi connectivity index (χ1) is 10.5. The normalized spacial score (nSPS) is 10.9. The summed E-state index contributed by atoms with van der Waals surface area (Å²) in [4.78, 5) is 7.70. The molecule has 22 heavy (non-hydrogen) atoms. The Morgan fingerprint density at radius 2 is 1.73 bits per heavy atom. The number of aromatic amines is 1. The summed E-state index contributed by atoms with van der Waals surface area (Å²) >= 11 is 24.2. The van der Waals surface area contributed by atoms with Crippen LogP contribution in [0.3, 0.4) is 0 Å². The van der Waals surface area contributed by atoms with Gasteiger partial charge in [0.25, 0.3) is 0 Å². The van der Waals surface area contributed by atoms with Crippen molar-refractivity contribution < 1.29 is 0 Å². The van der Waals surface area contributed by atoms with Crippen LogP contribution >= 0.6 is 46.4 Å². The summed E-state index contributed by atoms with van der Waals surface area (Å²) in [5.74, 6) is 0.810. The van der Waals surface area contributed by atoms with Gasteiger partial charge >= 0.3 is 0 Å². The Hall–Kier alpha value is -1.19. The Bertz CT molecular complexity index is 827. The molecule has 2 nitrogen and oxygen atoms in total. The van der Waals surface area contributed by atoms with E-state index in [2.05, 4.69) is 9.97 Å². The summed E-state index contributed by atoms with van der Waals surface area (Å²) < 4.78 is 0. The van der Waals surface area contributed by atoms with Gasteiger partial charge in [-0.2, -0.15) is 0 Å². The van der Waals surface area contributed by atoms with Gasteiger partial charge in [0.15, 0.2) is 0 Å². The predicted octanol–water partition coefficient (Wildman–Crippen LogP) is 6.28. The number of benzene rings is 2. The van der Waals surface area contributed by atoms with Crippen LogP contribution in [0.2, 0.25) is 20.1 Å². The predicted molar refractivity (Wildman–Crippen MR) is 93.3 cm³/mol. The van der Waals surface area contributed by atoms with Crippen LogP contribution < -0.4 is 0 Å². The molecule has 0 unspecified atom stereocenters. The first-order valence-electron chi connectivity index (χ1n) is 6.47. The molecule has 6 heteroatoms. The lowest BCUT2D eigenvalue weighted by molar-refractivity contribution is 1.03. The molecule has 2 aromatic carbocycles. The number of rotatable bonds is 3. The Morgan fingerprint density at radius 1 is 0.909 bits per heavy atom. The van der Waals surface area contributed by atoms with Crippen LogP contribution in [0, 0.1) is 0 Å². The second-order valence-electron chi connectivity index (χ2n) is 4.76. The highest BCUT2D eigenvalue weighted by molar-refractivity contribution is 6.43. The van der Waals surface area contributed by atoms with Gasteiger partial charge in [0, 0.05) is 18.2 Å². The molecule has 0 fully saturated rings. The number of H-pyrrole nitrogens is 1. The minimum absolute atomic E-state index is 0.497. The summed E-state index contributed by atoms with van der Waals surface area (Å²) in [7, 11) is 0. The van der Waals surface area contributed by atoms with Crippen LogP contribution in [-0.2, 0) is 6.42 Å². The zero-order valence-corrected chi connectivity index (χ0v) is 14.2. The van der Waals surface area contributed by atoms with Gasteiger partial charge in [-0.1, -0.05) is 64.6 Å². The van der Waals surface area contributed by atoms with Crippen molar-refractivity contribution in [2.75, 3.05) is 0 Å². The Morgan fingerprint density at radius 3 is 2.50 bits per heavy atom. The number of hydrogen-bond donors (Lipinski definition) is 1. The van der Waals surface area contributed by atoms with Crippen LogP contribution in [-0.4, -0.2) is 9.97 Å². The lowest BCUT2D eigenvalue weighted by atomic mass is 10.1. The molecule has 0 atom stereocenters. The van der Waals surface area contributed by atoms with E-state index in [0.29, 0.717) is 26.5 Å². The van der Waals surface area contributed by atoms with E-state index >= 15 is 0 Å². The van der Waals surface area contributed by atoms with Crippen molar-refractivity contribution in [1.82, 2.24) is 9.97 Å². The third-order valence-electron chi connectivity index (χ3n) is 3.21. The molecule has 3 rings (SSSR count). The van der Waals surface area contributed by atoms with E-state index in [1.807, 2.05) is 30.5 Å². The number of aromatic nitrogens is 2. The molecule has 3 aromatic rings. The zero-order valence-electron chi connectivity index (χ0n) is 11.2. The average Bonchev–Trinajstić information content (AvgIpc) is 2.94. The lowest BCUT2D eigenvalue weighted by Gasteiger charge is -2.02. The van der Waals surface area contributed by atoms with Crippen LogP contribution in [0.25, 0.3) is 11.3 Å². The summed E-state index contributed by atoms with van der Waals surface area (Å²) in [6.07, 6.45) is 2.43. The van der Waals surface area contributed by atoms with Gasteiger partial charge in [-0.3, -0.25) is 0 Å². The van der Waals surface area contributed by atoms with Crippen molar-refractivity contribution in [2.24, 2.45) is 0 Å². The first-order valence-corrected chi connectivity index (χ1v) is 7.98. The van der Waals surface area contributed by atoms with Gasteiger partial charge < -0.3 is 4.98 Å². The SMILES string of the molecule is Clc1ccc(Cc2nc(-c3cccc(Cl)c3Cl)c[nH]2)cc1Cl. The molecule has 112 valence electrons. The Labute approximate surface area is 148 Å². The molecule has 0 amide bonds. The monoisotopic (exact) mass is 370 g/mol. The van der Waals surface area contributed by atoms with E-state index in [1.54, 1.807) is 12.1 Å². The summed E-state index contributed by atoms with van der Waals surface area (Å²) in [5, 5.41) is 2.07. The molecule has 0 spiro atoms. The van der Waals surface area contributed by atoms with Gasteiger partial charge in [-0.15, -0.1) is 0 Å². The van der Waals surface area contributed by atoms with Gasteiger partial charge in [0.2, 0.25) is 0 Å². The van der Waals surface area contributed by atoms with Gasteiger partial charge in [-0.05, 0) is 23.8 Å².